The maximum Gasteiger partial charge on any atom is 0.192 e. The molecule has 1 aliphatic rings. The van der Waals surface area contributed by atoms with Gasteiger partial charge in [-0.3, -0.25) is 0 Å². The Morgan fingerprint density at radius 3 is 2.89 bits per heavy atom. The Hall–Kier alpha value is -1.39. The number of fused-ring (bicyclic) bond motifs is 1. The number of nitrogens with zero attached hydrogens (tertiary/aromatic N) is 1. The van der Waals surface area contributed by atoms with Crippen molar-refractivity contribution in [1.82, 2.24) is 15.6 Å². The summed E-state index contributed by atoms with van der Waals surface area (Å²) in [6.45, 7) is 4.98. The maximum atomic E-state index is 5.48. The molecule has 2 aromatic rings. The Balaban J connectivity index is 1.59. The van der Waals surface area contributed by atoms with Crippen LogP contribution in [-0.2, 0) is 6.54 Å². The van der Waals surface area contributed by atoms with Crippen molar-refractivity contribution in [2.24, 2.45) is 5.41 Å². The first-order valence-corrected chi connectivity index (χ1v) is 6.92. The van der Waals surface area contributed by atoms with Crippen LogP contribution in [0.3, 0.4) is 0 Å². The summed E-state index contributed by atoms with van der Waals surface area (Å²) in [7, 11) is 2.03. The highest BCUT2D eigenvalue weighted by Crippen LogP contribution is 2.44. The number of oxazole rings is 1. The minimum absolute atomic E-state index is 0.503. The third kappa shape index (κ3) is 2.80. The highest BCUT2D eigenvalue weighted by molar-refractivity contribution is 5.73. The van der Waals surface area contributed by atoms with Crippen LogP contribution in [0.4, 0.5) is 0 Å². The van der Waals surface area contributed by atoms with Crippen LogP contribution < -0.4 is 10.6 Å². The molecule has 102 valence electrons. The lowest BCUT2D eigenvalue weighted by Crippen LogP contribution is -2.31. The minimum Gasteiger partial charge on any atom is -0.441 e. The molecule has 0 radical (unpaired) electrons. The Morgan fingerprint density at radius 2 is 2.16 bits per heavy atom. The van der Waals surface area contributed by atoms with E-state index >= 15 is 0 Å². The summed E-state index contributed by atoms with van der Waals surface area (Å²) in [5, 5.41) is 6.85. The molecule has 1 heterocycles. The number of nitrogens with one attached hydrogen (secondary N) is 2. The number of hydrogen-bond donors (Lipinski definition) is 2. The fraction of sp³-hybridized carbons (Fsp3) is 0.533. The van der Waals surface area contributed by atoms with E-state index in [9.17, 15) is 0 Å². The normalized spacial score (nSPS) is 16.9. The fourth-order valence-corrected chi connectivity index (χ4v) is 2.64. The highest BCUT2D eigenvalue weighted by atomic mass is 16.3. The summed E-state index contributed by atoms with van der Waals surface area (Å²) in [5.74, 6) is 0.728. The van der Waals surface area contributed by atoms with E-state index in [0.29, 0.717) is 5.41 Å². The number of hydrogen-bond acceptors (Lipinski definition) is 4. The first kappa shape index (κ1) is 12.6. The van der Waals surface area contributed by atoms with Gasteiger partial charge >= 0.3 is 0 Å². The number of aryl methyl sites for hydroxylation is 1. The van der Waals surface area contributed by atoms with Crippen molar-refractivity contribution < 1.29 is 4.42 Å². The van der Waals surface area contributed by atoms with E-state index in [0.717, 1.165) is 36.6 Å². The number of aromatic nitrogens is 1. The molecule has 1 aromatic carbocycles. The van der Waals surface area contributed by atoms with E-state index < -0.39 is 0 Å². The number of rotatable bonds is 6. The molecular weight excluding hydrogens is 238 g/mol. The minimum atomic E-state index is 0.503. The van der Waals surface area contributed by atoms with E-state index in [-0.39, 0.29) is 0 Å². The molecule has 1 fully saturated rings. The smallest absolute Gasteiger partial charge is 0.192 e. The molecule has 0 unspecified atom stereocenters. The molecule has 4 nitrogen and oxygen atoms in total. The molecule has 2 N–H and O–H groups in total. The Kier molecular flexibility index (Phi) is 3.29. The van der Waals surface area contributed by atoms with Gasteiger partial charge in [0, 0.05) is 26.6 Å². The van der Waals surface area contributed by atoms with Crippen LogP contribution in [-0.4, -0.2) is 25.1 Å². The fourth-order valence-electron chi connectivity index (χ4n) is 2.64. The van der Waals surface area contributed by atoms with Crippen molar-refractivity contribution in [3.63, 3.8) is 0 Å². The van der Waals surface area contributed by atoms with Crippen LogP contribution in [0.1, 0.15) is 24.3 Å². The van der Waals surface area contributed by atoms with Gasteiger partial charge in [0.25, 0.3) is 0 Å². The molecule has 1 saturated carbocycles. The summed E-state index contributed by atoms with van der Waals surface area (Å²) in [6, 6.07) is 6.22. The molecule has 19 heavy (non-hydrogen) atoms. The quantitative estimate of drug-likeness (QED) is 0.835. The zero-order valence-electron chi connectivity index (χ0n) is 11.6. The molecule has 0 saturated heterocycles. The summed E-state index contributed by atoms with van der Waals surface area (Å²) in [5.41, 5.74) is 3.59. The second-order valence-corrected chi connectivity index (χ2v) is 5.67. The number of benzene rings is 1. The van der Waals surface area contributed by atoms with Crippen LogP contribution in [0.15, 0.2) is 22.6 Å². The van der Waals surface area contributed by atoms with Crippen molar-refractivity contribution in [2.45, 2.75) is 26.3 Å². The SMILES string of the molecule is CNCC1(CNCc2ccc3oc(C)nc3c2)CC1. The van der Waals surface area contributed by atoms with Gasteiger partial charge in [-0.15, -0.1) is 0 Å². The summed E-state index contributed by atoms with van der Waals surface area (Å²) in [4.78, 5) is 4.37. The van der Waals surface area contributed by atoms with E-state index in [1.54, 1.807) is 0 Å². The molecule has 1 aliphatic carbocycles. The predicted molar refractivity (Wildman–Crippen MR) is 76.0 cm³/mol. The molecule has 0 aliphatic heterocycles. The van der Waals surface area contributed by atoms with Gasteiger partial charge in [-0.25, -0.2) is 4.98 Å². The summed E-state index contributed by atoms with van der Waals surface area (Å²) >= 11 is 0. The molecule has 4 heteroatoms. The standard InChI is InChI=1S/C15H21N3O/c1-11-18-13-7-12(3-4-14(13)19-11)8-17-10-15(5-6-15)9-16-2/h3-4,7,16-17H,5-6,8-10H2,1-2H3. The average molecular weight is 259 g/mol. The van der Waals surface area contributed by atoms with E-state index in [1.807, 2.05) is 20.0 Å². The summed E-state index contributed by atoms with van der Waals surface area (Å²) in [6.07, 6.45) is 2.67. The Bertz CT molecular complexity index is 572. The zero-order chi connectivity index (χ0) is 13.3. The summed E-state index contributed by atoms with van der Waals surface area (Å²) < 4.78 is 5.48. The Morgan fingerprint density at radius 1 is 1.32 bits per heavy atom. The van der Waals surface area contributed by atoms with Crippen molar-refractivity contribution in [3.8, 4) is 0 Å². The van der Waals surface area contributed by atoms with Crippen molar-refractivity contribution in [2.75, 3.05) is 20.1 Å². The molecular formula is C15H21N3O. The lowest BCUT2D eigenvalue weighted by molar-refractivity contribution is 0.438. The van der Waals surface area contributed by atoms with Gasteiger partial charge in [-0.05, 0) is 43.0 Å². The lowest BCUT2D eigenvalue weighted by Gasteiger charge is -2.15. The molecule has 0 amide bonds. The lowest BCUT2D eigenvalue weighted by atomic mass is 10.1. The van der Waals surface area contributed by atoms with Crippen LogP contribution in [0.25, 0.3) is 11.1 Å². The van der Waals surface area contributed by atoms with Crippen LogP contribution in [0.2, 0.25) is 0 Å². The van der Waals surface area contributed by atoms with Crippen LogP contribution >= 0.6 is 0 Å². The predicted octanol–water partition coefficient (Wildman–Crippen LogP) is 2.23. The topological polar surface area (TPSA) is 50.1 Å². The third-order valence-corrected chi connectivity index (χ3v) is 3.90. The van der Waals surface area contributed by atoms with E-state index in [4.69, 9.17) is 4.42 Å². The monoisotopic (exact) mass is 259 g/mol. The molecule has 1 aromatic heterocycles. The van der Waals surface area contributed by atoms with Gasteiger partial charge in [-0.2, -0.15) is 0 Å². The highest BCUT2D eigenvalue weighted by Gasteiger charge is 2.41. The van der Waals surface area contributed by atoms with Crippen molar-refractivity contribution in [1.29, 1.82) is 0 Å². The van der Waals surface area contributed by atoms with Gasteiger partial charge in [0.15, 0.2) is 11.5 Å². The van der Waals surface area contributed by atoms with E-state index in [1.165, 1.54) is 18.4 Å². The van der Waals surface area contributed by atoms with Gasteiger partial charge in [0.1, 0.15) is 5.52 Å². The van der Waals surface area contributed by atoms with Crippen molar-refractivity contribution >= 4 is 11.1 Å². The molecule has 0 atom stereocenters. The Labute approximate surface area is 113 Å². The zero-order valence-corrected chi connectivity index (χ0v) is 11.6. The second kappa shape index (κ2) is 4.94. The maximum absolute atomic E-state index is 5.48. The third-order valence-electron chi connectivity index (χ3n) is 3.90. The van der Waals surface area contributed by atoms with Gasteiger partial charge in [0.05, 0.1) is 0 Å². The second-order valence-electron chi connectivity index (χ2n) is 5.67. The largest absolute Gasteiger partial charge is 0.441 e. The first-order valence-electron chi connectivity index (χ1n) is 6.92. The van der Waals surface area contributed by atoms with E-state index in [2.05, 4.69) is 27.8 Å². The average Bonchev–Trinajstić information content (AvgIpc) is 3.02. The van der Waals surface area contributed by atoms with Crippen LogP contribution in [0.5, 0.6) is 0 Å². The molecule has 0 bridgehead atoms. The molecule has 0 spiro atoms. The van der Waals surface area contributed by atoms with Gasteiger partial charge in [0.2, 0.25) is 0 Å². The van der Waals surface area contributed by atoms with Gasteiger partial charge < -0.3 is 15.1 Å². The molecule has 3 rings (SSSR count). The first-order chi connectivity index (χ1) is 9.21. The van der Waals surface area contributed by atoms with Crippen molar-refractivity contribution in [3.05, 3.63) is 29.7 Å². The van der Waals surface area contributed by atoms with Crippen LogP contribution in [0, 0.1) is 12.3 Å². The van der Waals surface area contributed by atoms with Gasteiger partial charge in [-0.1, -0.05) is 6.07 Å².